The molecule has 0 aromatic rings. The average Bonchev–Trinajstić information content (AvgIpc) is 2.38. The van der Waals surface area contributed by atoms with Gasteiger partial charge in [-0.2, -0.15) is 0 Å². The van der Waals surface area contributed by atoms with Crippen molar-refractivity contribution in [1.82, 2.24) is 5.32 Å². The second-order valence-electron chi connectivity index (χ2n) is 3.80. The first-order chi connectivity index (χ1) is 8.74. The first kappa shape index (κ1) is 17.2. The highest BCUT2D eigenvalue weighted by Gasteiger charge is 2.10. The Bertz CT molecular complexity index is 201. The number of hydrogen-bond donors (Lipinski definition) is 1. The summed E-state index contributed by atoms with van der Waals surface area (Å²) in [5.41, 5.74) is 0. The molecule has 0 rings (SSSR count). The maximum absolute atomic E-state index is 11.3. The van der Waals surface area contributed by atoms with Gasteiger partial charge in [0.1, 0.15) is 12.7 Å². The van der Waals surface area contributed by atoms with Crippen LogP contribution in [0.3, 0.4) is 0 Å². The van der Waals surface area contributed by atoms with Gasteiger partial charge in [-0.3, -0.25) is 0 Å². The zero-order valence-corrected chi connectivity index (χ0v) is 11.6. The van der Waals surface area contributed by atoms with E-state index >= 15 is 0 Å². The summed E-state index contributed by atoms with van der Waals surface area (Å²) in [7, 11) is 3.12. The third-order valence-corrected chi connectivity index (χ3v) is 2.17. The summed E-state index contributed by atoms with van der Waals surface area (Å²) in [4.78, 5) is 11.3. The van der Waals surface area contributed by atoms with Gasteiger partial charge in [0, 0.05) is 34.0 Å². The third-order valence-electron chi connectivity index (χ3n) is 2.17. The molecular formula is C12H25NO5. The van der Waals surface area contributed by atoms with Gasteiger partial charge in [-0.25, -0.2) is 4.79 Å². The van der Waals surface area contributed by atoms with E-state index in [4.69, 9.17) is 18.9 Å². The zero-order chi connectivity index (χ0) is 13.6. The van der Waals surface area contributed by atoms with Crippen molar-refractivity contribution in [1.29, 1.82) is 0 Å². The minimum atomic E-state index is -0.441. The van der Waals surface area contributed by atoms with E-state index in [2.05, 4.69) is 12.2 Å². The Morgan fingerprint density at radius 2 is 2.00 bits per heavy atom. The topological polar surface area (TPSA) is 66.0 Å². The molecule has 108 valence electrons. The summed E-state index contributed by atoms with van der Waals surface area (Å²) in [6, 6.07) is 0. The van der Waals surface area contributed by atoms with Crippen molar-refractivity contribution >= 4 is 6.09 Å². The van der Waals surface area contributed by atoms with Crippen molar-refractivity contribution in [2.75, 3.05) is 47.2 Å². The molecule has 0 spiro atoms. The molecule has 0 radical (unpaired) electrons. The highest BCUT2D eigenvalue weighted by Crippen LogP contribution is 1.93. The quantitative estimate of drug-likeness (QED) is 0.567. The fourth-order valence-corrected chi connectivity index (χ4v) is 1.20. The van der Waals surface area contributed by atoms with E-state index in [1.165, 1.54) is 0 Å². The summed E-state index contributed by atoms with van der Waals surface area (Å²) >= 11 is 0. The number of rotatable bonds is 11. The van der Waals surface area contributed by atoms with Crippen LogP contribution in [0.15, 0.2) is 0 Å². The summed E-state index contributed by atoms with van der Waals surface area (Å²) in [5, 5.41) is 2.64. The second-order valence-corrected chi connectivity index (χ2v) is 3.80. The Balaban J connectivity index is 3.41. The standard InChI is InChI=1S/C12H25NO5/c1-4-7-17-8-5-6-13-12(14)18-10-11(16-3)9-15-2/h11H,4-10H2,1-3H3,(H,13,14). The first-order valence-electron chi connectivity index (χ1n) is 6.24. The van der Waals surface area contributed by atoms with E-state index in [1.807, 2.05) is 0 Å². The van der Waals surface area contributed by atoms with E-state index in [0.717, 1.165) is 19.4 Å². The van der Waals surface area contributed by atoms with Crippen molar-refractivity contribution in [3.8, 4) is 0 Å². The molecule has 0 fully saturated rings. The molecule has 0 saturated carbocycles. The molecule has 0 aromatic carbocycles. The predicted molar refractivity (Wildman–Crippen MR) is 67.8 cm³/mol. The normalized spacial score (nSPS) is 12.2. The van der Waals surface area contributed by atoms with Crippen LogP contribution in [-0.2, 0) is 18.9 Å². The number of hydrogen-bond acceptors (Lipinski definition) is 5. The molecule has 0 saturated heterocycles. The lowest BCUT2D eigenvalue weighted by molar-refractivity contribution is -0.0112. The van der Waals surface area contributed by atoms with Crippen LogP contribution in [0.2, 0.25) is 0 Å². The largest absolute Gasteiger partial charge is 0.447 e. The van der Waals surface area contributed by atoms with E-state index in [9.17, 15) is 4.79 Å². The van der Waals surface area contributed by atoms with Crippen molar-refractivity contribution in [3.63, 3.8) is 0 Å². The van der Waals surface area contributed by atoms with E-state index in [1.54, 1.807) is 14.2 Å². The number of alkyl carbamates (subject to hydrolysis) is 1. The van der Waals surface area contributed by atoms with Gasteiger partial charge in [0.2, 0.25) is 0 Å². The Kier molecular flexibility index (Phi) is 12.0. The van der Waals surface area contributed by atoms with Crippen LogP contribution in [0.4, 0.5) is 4.79 Å². The Hall–Kier alpha value is -0.850. The fraction of sp³-hybridized carbons (Fsp3) is 0.917. The summed E-state index contributed by atoms with van der Waals surface area (Å²) < 4.78 is 20.2. The monoisotopic (exact) mass is 263 g/mol. The molecule has 0 aliphatic heterocycles. The number of methoxy groups -OCH3 is 2. The molecule has 1 unspecified atom stereocenters. The molecule has 0 aromatic heterocycles. The SMILES string of the molecule is CCCOCCCNC(=O)OCC(COC)OC. The number of nitrogens with one attached hydrogen (secondary N) is 1. The van der Waals surface area contributed by atoms with Crippen LogP contribution in [0.5, 0.6) is 0 Å². The smallest absolute Gasteiger partial charge is 0.407 e. The number of carbonyl (C=O) groups is 1. The van der Waals surface area contributed by atoms with Crippen molar-refractivity contribution in [2.24, 2.45) is 0 Å². The molecule has 6 heteroatoms. The van der Waals surface area contributed by atoms with Gasteiger partial charge in [-0.15, -0.1) is 0 Å². The summed E-state index contributed by atoms with van der Waals surface area (Å²) in [6.07, 6.45) is 1.12. The van der Waals surface area contributed by atoms with Crippen LogP contribution < -0.4 is 5.32 Å². The lowest BCUT2D eigenvalue weighted by Crippen LogP contribution is -2.31. The van der Waals surface area contributed by atoms with Gasteiger partial charge in [0.15, 0.2) is 0 Å². The Labute approximate surface area is 109 Å². The highest BCUT2D eigenvalue weighted by molar-refractivity contribution is 5.67. The Morgan fingerprint density at radius 3 is 2.61 bits per heavy atom. The number of carbonyl (C=O) groups excluding carboxylic acids is 1. The average molecular weight is 263 g/mol. The van der Waals surface area contributed by atoms with Gasteiger partial charge in [0.05, 0.1) is 6.61 Å². The third kappa shape index (κ3) is 10.3. The van der Waals surface area contributed by atoms with Crippen molar-refractivity contribution in [3.05, 3.63) is 0 Å². The van der Waals surface area contributed by atoms with Crippen molar-refractivity contribution in [2.45, 2.75) is 25.9 Å². The zero-order valence-electron chi connectivity index (χ0n) is 11.6. The van der Waals surface area contributed by atoms with Crippen molar-refractivity contribution < 1.29 is 23.7 Å². The summed E-state index contributed by atoms with van der Waals surface area (Å²) in [5.74, 6) is 0. The molecule has 0 heterocycles. The molecule has 0 aliphatic rings. The molecule has 1 amide bonds. The first-order valence-corrected chi connectivity index (χ1v) is 6.24. The molecule has 18 heavy (non-hydrogen) atoms. The summed E-state index contributed by atoms with van der Waals surface area (Å²) in [6.45, 7) is 4.60. The molecule has 1 atom stereocenters. The molecular weight excluding hydrogens is 238 g/mol. The second kappa shape index (κ2) is 12.6. The highest BCUT2D eigenvalue weighted by atomic mass is 16.6. The van der Waals surface area contributed by atoms with Gasteiger partial charge < -0.3 is 24.3 Å². The predicted octanol–water partition coefficient (Wildman–Crippen LogP) is 1.19. The molecule has 6 nitrogen and oxygen atoms in total. The maximum atomic E-state index is 11.3. The van der Waals surface area contributed by atoms with Gasteiger partial charge in [0.25, 0.3) is 0 Å². The molecule has 1 N–H and O–H groups in total. The number of ether oxygens (including phenoxy) is 4. The van der Waals surface area contributed by atoms with Gasteiger partial charge in [-0.1, -0.05) is 6.92 Å². The minimum Gasteiger partial charge on any atom is -0.447 e. The van der Waals surface area contributed by atoms with Crippen LogP contribution in [-0.4, -0.2) is 59.4 Å². The van der Waals surface area contributed by atoms with E-state index in [0.29, 0.717) is 19.8 Å². The van der Waals surface area contributed by atoms with E-state index < -0.39 is 6.09 Å². The lowest BCUT2D eigenvalue weighted by Gasteiger charge is -2.14. The lowest BCUT2D eigenvalue weighted by atomic mass is 10.4. The van der Waals surface area contributed by atoms with Crippen LogP contribution in [0, 0.1) is 0 Å². The van der Waals surface area contributed by atoms with Crippen LogP contribution in [0.25, 0.3) is 0 Å². The van der Waals surface area contributed by atoms with Gasteiger partial charge in [-0.05, 0) is 12.8 Å². The maximum Gasteiger partial charge on any atom is 0.407 e. The molecule has 0 bridgehead atoms. The van der Waals surface area contributed by atoms with Gasteiger partial charge >= 0.3 is 6.09 Å². The van der Waals surface area contributed by atoms with Crippen LogP contribution >= 0.6 is 0 Å². The number of amides is 1. The minimum absolute atomic E-state index is 0.183. The Morgan fingerprint density at radius 1 is 1.22 bits per heavy atom. The fourth-order valence-electron chi connectivity index (χ4n) is 1.20. The van der Waals surface area contributed by atoms with E-state index in [-0.39, 0.29) is 12.7 Å². The molecule has 0 aliphatic carbocycles. The van der Waals surface area contributed by atoms with Crippen LogP contribution in [0.1, 0.15) is 19.8 Å².